The normalized spacial score (nSPS) is 16.3. The number of likely N-dealkylation sites (tertiary alicyclic amines) is 1. The van der Waals surface area contributed by atoms with Crippen LogP contribution in [0.5, 0.6) is 0 Å². The Labute approximate surface area is 144 Å². The monoisotopic (exact) mass is 322 g/mol. The number of hydrogen-bond donors (Lipinski definition) is 1. The largest absolute Gasteiger partial charge is 0.349 e. The van der Waals surface area contributed by atoms with Crippen molar-refractivity contribution in [2.75, 3.05) is 13.1 Å². The van der Waals surface area contributed by atoms with Gasteiger partial charge in [-0.15, -0.1) is 0 Å². The summed E-state index contributed by atoms with van der Waals surface area (Å²) in [4.78, 5) is 14.9. The molecule has 1 N–H and O–H groups in total. The molecule has 3 nitrogen and oxygen atoms in total. The average molecular weight is 322 g/mol. The van der Waals surface area contributed by atoms with Crippen molar-refractivity contribution in [3.63, 3.8) is 0 Å². The van der Waals surface area contributed by atoms with Crippen LogP contribution >= 0.6 is 0 Å². The fourth-order valence-corrected chi connectivity index (χ4v) is 3.27. The second kappa shape index (κ2) is 7.63. The summed E-state index contributed by atoms with van der Waals surface area (Å²) in [6.45, 7) is 6.59. The van der Waals surface area contributed by atoms with E-state index in [0.29, 0.717) is 12.1 Å². The number of carbonyl (C=O) groups is 1. The van der Waals surface area contributed by atoms with E-state index in [9.17, 15) is 4.79 Å². The summed E-state index contributed by atoms with van der Waals surface area (Å²) >= 11 is 0. The van der Waals surface area contributed by atoms with E-state index in [2.05, 4.69) is 36.2 Å². The number of amides is 1. The molecule has 0 radical (unpaired) electrons. The lowest BCUT2D eigenvalue weighted by atomic mass is 10.0. The van der Waals surface area contributed by atoms with Gasteiger partial charge in [0.25, 0.3) is 5.91 Å². The summed E-state index contributed by atoms with van der Waals surface area (Å²) in [6, 6.07) is 19.0. The third kappa shape index (κ3) is 4.04. The maximum atomic E-state index is 12.5. The van der Waals surface area contributed by atoms with E-state index in [-0.39, 0.29) is 5.91 Å². The number of piperidine rings is 1. The van der Waals surface area contributed by atoms with Crippen LogP contribution in [0.2, 0.25) is 0 Å². The van der Waals surface area contributed by atoms with E-state index in [4.69, 9.17) is 0 Å². The van der Waals surface area contributed by atoms with Gasteiger partial charge in [0.2, 0.25) is 0 Å². The Bertz CT molecular complexity index is 656. The Hall–Kier alpha value is -2.13. The van der Waals surface area contributed by atoms with E-state index in [0.717, 1.165) is 37.1 Å². The highest BCUT2D eigenvalue weighted by atomic mass is 16.1. The first-order valence-electron chi connectivity index (χ1n) is 8.84. The molecule has 1 heterocycles. The number of rotatable bonds is 4. The van der Waals surface area contributed by atoms with Gasteiger partial charge in [0.1, 0.15) is 0 Å². The van der Waals surface area contributed by atoms with Gasteiger partial charge in [-0.25, -0.2) is 0 Å². The van der Waals surface area contributed by atoms with Gasteiger partial charge in [0.15, 0.2) is 0 Å². The fraction of sp³-hybridized carbons (Fsp3) is 0.381. The standard InChI is InChI=1S/C21H26N2O/c1-16(2)23-14-12-20(13-15-23)22-21(24)19-10-8-18(9-11-19)17-6-4-3-5-7-17/h3-11,16,20H,12-15H2,1-2H3,(H,22,24). The highest BCUT2D eigenvalue weighted by Crippen LogP contribution is 2.19. The van der Waals surface area contributed by atoms with E-state index in [1.165, 1.54) is 5.56 Å². The molecule has 0 saturated carbocycles. The molecule has 1 amide bonds. The molecule has 3 heteroatoms. The smallest absolute Gasteiger partial charge is 0.251 e. The first kappa shape index (κ1) is 16.7. The molecule has 0 aliphatic carbocycles. The molecule has 3 rings (SSSR count). The SMILES string of the molecule is CC(C)N1CCC(NC(=O)c2ccc(-c3ccccc3)cc2)CC1. The van der Waals surface area contributed by atoms with Crippen LogP contribution in [0.3, 0.4) is 0 Å². The van der Waals surface area contributed by atoms with Gasteiger partial charge in [0, 0.05) is 30.7 Å². The van der Waals surface area contributed by atoms with Gasteiger partial charge in [-0.2, -0.15) is 0 Å². The number of benzene rings is 2. The van der Waals surface area contributed by atoms with E-state index < -0.39 is 0 Å². The summed E-state index contributed by atoms with van der Waals surface area (Å²) in [5.41, 5.74) is 3.05. The Morgan fingerprint density at radius 3 is 2.12 bits per heavy atom. The van der Waals surface area contributed by atoms with Crippen LogP contribution in [0.4, 0.5) is 0 Å². The number of hydrogen-bond acceptors (Lipinski definition) is 2. The third-order valence-electron chi connectivity index (χ3n) is 4.85. The maximum absolute atomic E-state index is 12.5. The Balaban J connectivity index is 1.58. The van der Waals surface area contributed by atoms with Crippen molar-refractivity contribution >= 4 is 5.91 Å². The maximum Gasteiger partial charge on any atom is 0.251 e. The first-order valence-corrected chi connectivity index (χ1v) is 8.84. The molecule has 2 aromatic carbocycles. The first-order chi connectivity index (χ1) is 11.6. The van der Waals surface area contributed by atoms with Crippen LogP contribution in [-0.2, 0) is 0 Å². The predicted octanol–water partition coefficient (Wildman–Crippen LogP) is 3.96. The van der Waals surface area contributed by atoms with Crippen LogP contribution in [0.1, 0.15) is 37.0 Å². The van der Waals surface area contributed by atoms with Crippen molar-refractivity contribution < 1.29 is 4.79 Å². The van der Waals surface area contributed by atoms with Gasteiger partial charge in [-0.05, 0) is 49.9 Å². The van der Waals surface area contributed by atoms with Crippen molar-refractivity contribution in [1.82, 2.24) is 10.2 Å². The quantitative estimate of drug-likeness (QED) is 0.924. The average Bonchev–Trinajstić information content (AvgIpc) is 2.63. The van der Waals surface area contributed by atoms with Gasteiger partial charge < -0.3 is 10.2 Å². The van der Waals surface area contributed by atoms with Crippen LogP contribution in [0.15, 0.2) is 54.6 Å². The van der Waals surface area contributed by atoms with Crippen LogP contribution in [-0.4, -0.2) is 36.0 Å². The summed E-state index contributed by atoms with van der Waals surface area (Å²) in [5.74, 6) is 0.0395. The van der Waals surface area contributed by atoms with E-state index in [1.54, 1.807) is 0 Å². The van der Waals surface area contributed by atoms with Crippen LogP contribution < -0.4 is 5.32 Å². The van der Waals surface area contributed by atoms with Crippen LogP contribution in [0, 0.1) is 0 Å². The number of nitrogens with one attached hydrogen (secondary N) is 1. The molecule has 1 saturated heterocycles. The minimum absolute atomic E-state index is 0.0395. The zero-order chi connectivity index (χ0) is 16.9. The third-order valence-corrected chi connectivity index (χ3v) is 4.85. The second-order valence-corrected chi connectivity index (χ2v) is 6.82. The minimum Gasteiger partial charge on any atom is -0.349 e. The molecule has 2 aromatic rings. The summed E-state index contributed by atoms with van der Waals surface area (Å²) in [7, 11) is 0. The lowest BCUT2D eigenvalue weighted by molar-refractivity contribution is 0.0900. The molecule has 1 fully saturated rings. The summed E-state index contributed by atoms with van der Waals surface area (Å²) in [5, 5.41) is 3.19. The van der Waals surface area contributed by atoms with Gasteiger partial charge in [-0.3, -0.25) is 4.79 Å². The van der Waals surface area contributed by atoms with Crippen molar-refractivity contribution in [2.24, 2.45) is 0 Å². The van der Waals surface area contributed by atoms with Crippen LogP contribution in [0.25, 0.3) is 11.1 Å². The Kier molecular flexibility index (Phi) is 5.31. The number of carbonyl (C=O) groups excluding carboxylic acids is 1. The zero-order valence-electron chi connectivity index (χ0n) is 14.5. The zero-order valence-corrected chi connectivity index (χ0v) is 14.5. The van der Waals surface area contributed by atoms with E-state index >= 15 is 0 Å². The number of nitrogens with zero attached hydrogens (tertiary/aromatic N) is 1. The molecule has 1 aliphatic heterocycles. The predicted molar refractivity (Wildman–Crippen MR) is 99.1 cm³/mol. The highest BCUT2D eigenvalue weighted by molar-refractivity contribution is 5.94. The van der Waals surface area contributed by atoms with E-state index in [1.807, 2.05) is 42.5 Å². The molecule has 0 atom stereocenters. The minimum atomic E-state index is 0.0395. The summed E-state index contributed by atoms with van der Waals surface area (Å²) in [6.07, 6.45) is 2.07. The highest BCUT2D eigenvalue weighted by Gasteiger charge is 2.22. The van der Waals surface area contributed by atoms with Gasteiger partial charge in [-0.1, -0.05) is 42.5 Å². The van der Waals surface area contributed by atoms with Crippen molar-refractivity contribution in [1.29, 1.82) is 0 Å². The lowest BCUT2D eigenvalue weighted by Crippen LogP contribution is -2.46. The molecule has 0 spiro atoms. The topological polar surface area (TPSA) is 32.3 Å². The molecule has 0 unspecified atom stereocenters. The van der Waals surface area contributed by atoms with Gasteiger partial charge >= 0.3 is 0 Å². The molecule has 0 bridgehead atoms. The van der Waals surface area contributed by atoms with Gasteiger partial charge in [0.05, 0.1) is 0 Å². The Morgan fingerprint density at radius 2 is 1.54 bits per heavy atom. The Morgan fingerprint density at radius 1 is 0.958 bits per heavy atom. The van der Waals surface area contributed by atoms with Crippen molar-refractivity contribution in [3.05, 3.63) is 60.2 Å². The van der Waals surface area contributed by atoms with Crippen molar-refractivity contribution in [3.8, 4) is 11.1 Å². The second-order valence-electron chi connectivity index (χ2n) is 6.82. The molecule has 126 valence electrons. The fourth-order valence-electron chi connectivity index (χ4n) is 3.27. The molecule has 0 aromatic heterocycles. The van der Waals surface area contributed by atoms with Crippen molar-refractivity contribution in [2.45, 2.75) is 38.8 Å². The summed E-state index contributed by atoms with van der Waals surface area (Å²) < 4.78 is 0. The lowest BCUT2D eigenvalue weighted by Gasteiger charge is -2.34. The molecular weight excluding hydrogens is 296 g/mol. The molecule has 24 heavy (non-hydrogen) atoms. The molecule has 1 aliphatic rings. The molecular formula is C21H26N2O.